The summed E-state index contributed by atoms with van der Waals surface area (Å²) in [7, 11) is 0. The van der Waals surface area contributed by atoms with Crippen LogP contribution in [0.4, 0.5) is 5.82 Å². The van der Waals surface area contributed by atoms with E-state index in [2.05, 4.69) is 63.6 Å². The number of fused-ring (bicyclic) bond motifs is 1. The lowest BCUT2D eigenvalue weighted by atomic mass is 9.84. The number of rotatable bonds is 6. The molecule has 2 aliphatic rings. The minimum atomic E-state index is 0.537. The van der Waals surface area contributed by atoms with Crippen LogP contribution in [0.2, 0.25) is 0 Å². The van der Waals surface area contributed by atoms with Crippen molar-refractivity contribution in [2.45, 2.75) is 38.1 Å². The van der Waals surface area contributed by atoms with E-state index in [-0.39, 0.29) is 0 Å². The largest absolute Gasteiger partial charge is 0.373 e. The van der Waals surface area contributed by atoms with E-state index in [1.165, 1.54) is 54.6 Å². The lowest BCUT2D eigenvalue weighted by molar-refractivity contribution is 0.214. The van der Waals surface area contributed by atoms with Crippen molar-refractivity contribution in [2.24, 2.45) is 5.92 Å². The van der Waals surface area contributed by atoms with Crippen LogP contribution in [0.1, 0.15) is 37.7 Å². The zero-order valence-electron chi connectivity index (χ0n) is 18.6. The van der Waals surface area contributed by atoms with Crippen molar-refractivity contribution in [3.8, 4) is 0 Å². The number of nitrogens with zero attached hydrogens (tertiary/aromatic N) is 3. The van der Waals surface area contributed by atoms with E-state index in [0.717, 1.165) is 42.6 Å². The normalized spacial score (nSPS) is 22.2. The average Bonchev–Trinajstić information content (AvgIpc) is 3.29. The summed E-state index contributed by atoms with van der Waals surface area (Å²) in [5.74, 6) is 2.04. The highest BCUT2D eigenvalue weighted by Gasteiger charge is 2.24. The number of nitrogens with one attached hydrogen (secondary N) is 1. The van der Waals surface area contributed by atoms with Crippen LogP contribution in [0.3, 0.4) is 0 Å². The number of piperazine rings is 1. The van der Waals surface area contributed by atoms with Gasteiger partial charge in [-0.3, -0.25) is 4.90 Å². The van der Waals surface area contributed by atoms with E-state index in [1.54, 1.807) is 11.5 Å². The van der Waals surface area contributed by atoms with Gasteiger partial charge in [0.1, 0.15) is 10.8 Å². The smallest absolute Gasteiger partial charge is 0.150 e. The molecule has 0 spiro atoms. The molecule has 2 aromatic carbocycles. The van der Waals surface area contributed by atoms with E-state index < -0.39 is 0 Å². The van der Waals surface area contributed by atoms with Gasteiger partial charge in [0.2, 0.25) is 0 Å². The Bertz CT molecular complexity index is 1020. The first kappa shape index (κ1) is 21.8. The Hall–Kier alpha value is -2.02. The zero-order valence-corrected chi connectivity index (χ0v) is 20.2. The van der Waals surface area contributed by atoms with Gasteiger partial charge >= 0.3 is 0 Å². The molecule has 5 rings (SSSR count). The van der Waals surface area contributed by atoms with Crippen molar-refractivity contribution >= 4 is 44.6 Å². The summed E-state index contributed by atoms with van der Waals surface area (Å²) in [6.07, 6.45) is 6.44. The molecule has 32 heavy (non-hydrogen) atoms. The molecule has 0 atom stereocenters. The minimum Gasteiger partial charge on any atom is -0.373 e. The Morgan fingerprint density at radius 3 is 2.44 bits per heavy atom. The highest BCUT2D eigenvalue weighted by molar-refractivity contribution is 7.80. The first-order valence-electron chi connectivity index (χ1n) is 11.9. The Balaban J connectivity index is 1.03. The second kappa shape index (κ2) is 10.3. The van der Waals surface area contributed by atoms with Crippen LogP contribution < -0.4 is 10.2 Å². The molecule has 4 nitrogen and oxygen atoms in total. The van der Waals surface area contributed by atoms with Crippen LogP contribution in [-0.4, -0.2) is 53.0 Å². The highest BCUT2D eigenvalue weighted by Crippen LogP contribution is 2.30. The molecule has 1 saturated carbocycles. The lowest BCUT2D eigenvalue weighted by Gasteiger charge is -2.36. The van der Waals surface area contributed by atoms with E-state index in [4.69, 9.17) is 16.6 Å². The molecule has 6 heteroatoms. The molecule has 2 fully saturated rings. The standard InChI is InChI=1S/C26H32N4S2/c31-26(21-6-2-1-3-7-21)27-22-12-10-20(11-13-22)14-15-29-16-18-30(19-17-29)25-23-8-4-5-9-24(23)32-28-25/h1-9,20,22H,10-19H2,(H,27,31). The second-order valence-electron chi connectivity index (χ2n) is 9.18. The summed E-state index contributed by atoms with van der Waals surface area (Å²) in [5.41, 5.74) is 1.13. The van der Waals surface area contributed by atoms with E-state index in [9.17, 15) is 0 Å². The quantitative estimate of drug-likeness (QED) is 0.498. The molecule has 0 unspecified atom stereocenters. The van der Waals surface area contributed by atoms with Gasteiger partial charge in [0.25, 0.3) is 0 Å². The third-order valence-electron chi connectivity index (χ3n) is 7.10. The predicted octanol–water partition coefficient (Wildman–Crippen LogP) is 5.33. The number of hydrogen-bond donors (Lipinski definition) is 1. The lowest BCUT2D eigenvalue weighted by Crippen LogP contribution is -2.47. The number of thiocarbonyl (C=S) groups is 1. The minimum absolute atomic E-state index is 0.537. The van der Waals surface area contributed by atoms with E-state index in [1.807, 2.05) is 6.07 Å². The van der Waals surface area contributed by atoms with Crippen molar-refractivity contribution in [2.75, 3.05) is 37.6 Å². The molecular weight excluding hydrogens is 432 g/mol. The summed E-state index contributed by atoms with van der Waals surface area (Å²) in [6, 6.07) is 19.5. The first-order valence-corrected chi connectivity index (χ1v) is 13.1. The number of benzene rings is 2. The monoisotopic (exact) mass is 464 g/mol. The fourth-order valence-electron chi connectivity index (χ4n) is 5.10. The molecule has 0 radical (unpaired) electrons. The van der Waals surface area contributed by atoms with Gasteiger partial charge in [-0.15, -0.1) is 0 Å². The average molecular weight is 465 g/mol. The van der Waals surface area contributed by atoms with E-state index >= 15 is 0 Å². The molecule has 1 aromatic heterocycles. The topological polar surface area (TPSA) is 31.4 Å². The fraction of sp³-hybridized carbons (Fsp3) is 0.462. The predicted molar refractivity (Wildman–Crippen MR) is 140 cm³/mol. The molecule has 1 saturated heterocycles. The maximum atomic E-state index is 5.61. The van der Waals surface area contributed by atoms with Crippen LogP contribution in [-0.2, 0) is 0 Å². The van der Waals surface area contributed by atoms with Gasteiger partial charge in [-0.25, -0.2) is 0 Å². The zero-order chi connectivity index (χ0) is 21.8. The summed E-state index contributed by atoms with van der Waals surface area (Å²) >= 11 is 7.23. The Kier molecular flexibility index (Phi) is 7.00. The number of anilines is 1. The molecule has 3 aromatic rings. The van der Waals surface area contributed by atoms with Gasteiger partial charge in [-0.2, -0.15) is 4.37 Å². The van der Waals surface area contributed by atoms with Crippen molar-refractivity contribution in [1.29, 1.82) is 0 Å². The molecular formula is C26H32N4S2. The first-order chi connectivity index (χ1) is 15.8. The molecule has 1 N–H and O–H groups in total. The Labute approximate surface area is 200 Å². The summed E-state index contributed by atoms with van der Waals surface area (Å²) < 4.78 is 6.04. The van der Waals surface area contributed by atoms with Gasteiger partial charge in [-0.05, 0) is 68.2 Å². The molecule has 0 bridgehead atoms. The number of aromatic nitrogens is 1. The molecule has 0 amide bonds. The van der Waals surface area contributed by atoms with Crippen molar-refractivity contribution in [3.05, 3.63) is 60.2 Å². The third-order valence-corrected chi connectivity index (χ3v) is 8.27. The summed E-state index contributed by atoms with van der Waals surface area (Å²) in [5, 5.41) is 4.91. The van der Waals surface area contributed by atoms with Gasteiger partial charge in [0, 0.05) is 43.2 Å². The Morgan fingerprint density at radius 2 is 1.66 bits per heavy atom. The Morgan fingerprint density at radius 1 is 0.938 bits per heavy atom. The van der Waals surface area contributed by atoms with Gasteiger partial charge in [-0.1, -0.05) is 54.7 Å². The third kappa shape index (κ3) is 5.13. The van der Waals surface area contributed by atoms with Gasteiger partial charge in [0.15, 0.2) is 0 Å². The second-order valence-corrected chi connectivity index (χ2v) is 10.4. The van der Waals surface area contributed by atoms with Crippen LogP contribution in [0.25, 0.3) is 10.1 Å². The summed E-state index contributed by atoms with van der Waals surface area (Å²) in [6.45, 7) is 5.70. The fourth-order valence-corrected chi connectivity index (χ4v) is 6.20. The highest BCUT2D eigenvalue weighted by atomic mass is 32.1. The molecule has 1 aliphatic carbocycles. The molecule has 168 valence electrons. The van der Waals surface area contributed by atoms with Crippen molar-refractivity contribution in [1.82, 2.24) is 14.6 Å². The SMILES string of the molecule is S=C(NC1CCC(CCN2CCN(c3nsc4ccccc34)CC2)CC1)c1ccccc1. The maximum absolute atomic E-state index is 5.61. The number of hydrogen-bond acceptors (Lipinski definition) is 5. The van der Waals surface area contributed by atoms with Gasteiger partial charge < -0.3 is 10.2 Å². The van der Waals surface area contributed by atoms with Crippen LogP contribution in [0, 0.1) is 5.92 Å². The van der Waals surface area contributed by atoms with Crippen LogP contribution in [0.5, 0.6) is 0 Å². The molecule has 1 aliphatic heterocycles. The van der Waals surface area contributed by atoms with Crippen LogP contribution in [0.15, 0.2) is 54.6 Å². The van der Waals surface area contributed by atoms with Gasteiger partial charge in [0.05, 0.1) is 4.70 Å². The maximum Gasteiger partial charge on any atom is 0.150 e. The summed E-state index contributed by atoms with van der Waals surface area (Å²) in [4.78, 5) is 6.03. The van der Waals surface area contributed by atoms with E-state index in [0.29, 0.717) is 6.04 Å². The van der Waals surface area contributed by atoms with Crippen LogP contribution >= 0.6 is 23.8 Å². The molecule has 2 heterocycles. The van der Waals surface area contributed by atoms with Crippen molar-refractivity contribution in [3.63, 3.8) is 0 Å². The van der Waals surface area contributed by atoms with Crippen molar-refractivity contribution < 1.29 is 0 Å².